The van der Waals surface area contributed by atoms with Gasteiger partial charge in [-0.25, -0.2) is 8.42 Å². The average Bonchev–Trinajstić information content (AvgIpc) is 3.09. The number of nitrogens with zero attached hydrogens (tertiary/aromatic N) is 1. The fourth-order valence-corrected chi connectivity index (χ4v) is 4.54. The molecule has 0 aromatic heterocycles. The Morgan fingerprint density at radius 2 is 1.89 bits per heavy atom. The van der Waals surface area contributed by atoms with Gasteiger partial charge in [-0.05, 0) is 65.7 Å². The Morgan fingerprint density at radius 1 is 1.25 bits per heavy atom. The Bertz CT molecular complexity index is 765. The Labute approximate surface area is 168 Å². The fourth-order valence-electron chi connectivity index (χ4n) is 3.02. The lowest BCUT2D eigenvalue weighted by molar-refractivity contribution is -0.152. The van der Waals surface area contributed by atoms with Gasteiger partial charge in [0.25, 0.3) is 10.0 Å². The molecule has 1 fully saturated rings. The number of benzene rings is 1. The molecule has 0 amide bonds. The molecule has 28 heavy (non-hydrogen) atoms. The largest absolute Gasteiger partial charge is 0.459 e. The number of anilines is 1. The smallest absolute Gasteiger partial charge is 0.325 e. The summed E-state index contributed by atoms with van der Waals surface area (Å²) in [6.45, 7) is 8.91. The summed E-state index contributed by atoms with van der Waals surface area (Å²) in [5.74, 6) is -0.408. The van der Waals surface area contributed by atoms with Crippen LogP contribution in [0, 0.1) is 0 Å². The van der Waals surface area contributed by atoms with Gasteiger partial charge < -0.3 is 10.1 Å². The standard InChI is InChI=1S/C20H32N2O5S/c1-15(2)22(27-17-10-6-7-11-17)28(24,25)18-12-8-9-16(13-18)21-14-19(23)26-20(3,4)5/h8-9,12-13,15,17,21H,6-7,10-11,14H2,1-5H3. The third kappa shape index (κ3) is 6.46. The van der Waals surface area contributed by atoms with Crippen LogP contribution in [0.5, 0.6) is 0 Å². The van der Waals surface area contributed by atoms with Gasteiger partial charge in [0.2, 0.25) is 0 Å². The van der Waals surface area contributed by atoms with Crippen molar-refractivity contribution < 1.29 is 22.8 Å². The minimum absolute atomic E-state index is 0.0484. The van der Waals surface area contributed by atoms with E-state index in [1.807, 2.05) is 0 Å². The summed E-state index contributed by atoms with van der Waals surface area (Å²) in [4.78, 5) is 17.8. The molecular formula is C20H32N2O5S. The van der Waals surface area contributed by atoms with Crippen molar-refractivity contribution in [2.75, 3.05) is 11.9 Å². The second kappa shape index (κ2) is 9.24. The van der Waals surface area contributed by atoms with E-state index in [0.717, 1.165) is 30.2 Å². The molecule has 0 radical (unpaired) electrons. The summed E-state index contributed by atoms with van der Waals surface area (Å²) in [5.41, 5.74) is -0.0456. The highest BCUT2D eigenvalue weighted by Crippen LogP contribution is 2.27. The first-order chi connectivity index (χ1) is 13.0. The lowest BCUT2D eigenvalue weighted by atomic mass is 10.2. The number of hydroxylamine groups is 1. The van der Waals surface area contributed by atoms with Crippen LogP contribution in [-0.4, -0.2) is 43.1 Å². The first kappa shape index (κ1) is 22.6. The van der Waals surface area contributed by atoms with Gasteiger partial charge in [0.05, 0.1) is 11.0 Å². The van der Waals surface area contributed by atoms with Crippen molar-refractivity contribution in [3.63, 3.8) is 0 Å². The lowest BCUT2D eigenvalue weighted by Gasteiger charge is -2.28. The molecule has 1 aliphatic carbocycles. The highest BCUT2D eigenvalue weighted by atomic mass is 32.2. The van der Waals surface area contributed by atoms with E-state index >= 15 is 0 Å². The number of hydrogen-bond acceptors (Lipinski definition) is 6. The number of carbonyl (C=O) groups is 1. The Kier molecular flexibility index (Phi) is 7.47. The second-order valence-electron chi connectivity index (χ2n) is 8.33. The summed E-state index contributed by atoms with van der Waals surface area (Å²) >= 11 is 0. The third-order valence-electron chi connectivity index (χ3n) is 4.20. The number of hydrogen-bond donors (Lipinski definition) is 1. The van der Waals surface area contributed by atoms with E-state index in [4.69, 9.17) is 9.57 Å². The predicted octanol–water partition coefficient (Wildman–Crippen LogP) is 3.71. The van der Waals surface area contributed by atoms with E-state index in [2.05, 4.69) is 5.32 Å². The summed E-state index contributed by atoms with van der Waals surface area (Å²) in [6.07, 6.45) is 3.79. The lowest BCUT2D eigenvalue weighted by Crippen LogP contribution is -2.39. The highest BCUT2D eigenvalue weighted by molar-refractivity contribution is 7.89. The first-order valence-electron chi connectivity index (χ1n) is 9.76. The van der Waals surface area contributed by atoms with Crippen LogP contribution in [-0.2, 0) is 24.4 Å². The van der Waals surface area contributed by atoms with E-state index in [0.29, 0.717) is 5.69 Å². The monoisotopic (exact) mass is 412 g/mol. The van der Waals surface area contributed by atoms with Crippen molar-refractivity contribution in [3.8, 4) is 0 Å². The summed E-state index contributed by atoms with van der Waals surface area (Å²) in [6, 6.07) is 6.05. The van der Waals surface area contributed by atoms with Crippen molar-refractivity contribution >= 4 is 21.7 Å². The average molecular weight is 413 g/mol. The number of sulfonamides is 1. The normalized spacial score (nSPS) is 16.0. The quantitative estimate of drug-likeness (QED) is 0.517. The number of carbonyl (C=O) groups excluding carboxylic acids is 1. The minimum Gasteiger partial charge on any atom is -0.459 e. The van der Waals surface area contributed by atoms with Gasteiger partial charge in [-0.1, -0.05) is 23.4 Å². The molecule has 0 saturated heterocycles. The molecule has 7 nitrogen and oxygen atoms in total. The molecule has 0 aliphatic heterocycles. The molecule has 1 aromatic carbocycles. The molecule has 0 unspecified atom stereocenters. The van der Waals surface area contributed by atoms with Crippen LogP contribution >= 0.6 is 0 Å². The van der Waals surface area contributed by atoms with E-state index in [1.54, 1.807) is 46.8 Å². The van der Waals surface area contributed by atoms with Crippen molar-refractivity contribution in [2.45, 2.75) is 82.9 Å². The van der Waals surface area contributed by atoms with Gasteiger partial charge in [-0.15, -0.1) is 0 Å². The number of rotatable bonds is 8. The van der Waals surface area contributed by atoms with E-state index in [9.17, 15) is 13.2 Å². The maximum Gasteiger partial charge on any atom is 0.325 e. The van der Waals surface area contributed by atoms with Crippen LogP contribution in [0.4, 0.5) is 5.69 Å². The topological polar surface area (TPSA) is 84.9 Å². The molecule has 1 saturated carbocycles. The molecule has 2 rings (SSSR count). The van der Waals surface area contributed by atoms with Crippen LogP contribution in [0.2, 0.25) is 0 Å². The Balaban J connectivity index is 2.12. The van der Waals surface area contributed by atoms with Crippen LogP contribution < -0.4 is 5.32 Å². The van der Waals surface area contributed by atoms with Crippen LogP contribution in [0.15, 0.2) is 29.2 Å². The molecule has 0 bridgehead atoms. The molecule has 8 heteroatoms. The molecule has 0 atom stereocenters. The molecule has 1 aliphatic rings. The van der Waals surface area contributed by atoms with Crippen molar-refractivity contribution in [1.29, 1.82) is 0 Å². The maximum absolute atomic E-state index is 13.1. The highest BCUT2D eigenvalue weighted by Gasteiger charge is 2.32. The summed E-state index contributed by atoms with van der Waals surface area (Å²) < 4.78 is 32.6. The zero-order valence-electron chi connectivity index (χ0n) is 17.4. The molecule has 1 N–H and O–H groups in total. The number of nitrogens with one attached hydrogen (secondary N) is 1. The van der Waals surface area contributed by atoms with Gasteiger partial charge >= 0.3 is 5.97 Å². The molecule has 0 heterocycles. The van der Waals surface area contributed by atoms with E-state index in [1.165, 1.54) is 12.1 Å². The summed E-state index contributed by atoms with van der Waals surface area (Å²) in [5, 5.41) is 2.92. The second-order valence-corrected chi connectivity index (χ2v) is 10.1. The molecule has 158 valence electrons. The van der Waals surface area contributed by atoms with Crippen molar-refractivity contribution in [1.82, 2.24) is 4.47 Å². The van der Waals surface area contributed by atoms with E-state index in [-0.39, 0.29) is 23.6 Å². The van der Waals surface area contributed by atoms with Gasteiger partial charge in [0.1, 0.15) is 12.1 Å². The molecular weight excluding hydrogens is 380 g/mol. The number of ether oxygens (including phenoxy) is 1. The zero-order valence-corrected chi connectivity index (χ0v) is 18.2. The molecule has 1 aromatic rings. The van der Waals surface area contributed by atoms with Crippen LogP contribution in [0.25, 0.3) is 0 Å². The zero-order chi connectivity index (χ0) is 20.9. The van der Waals surface area contributed by atoms with Crippen LogP contribution in [0.1, 0.15) is 60.3 Å². The van der Waals surface area contributed by atoms with Gasteiger partial charge in [0.15, 0.2) is 0 Å². The number of esters is 1. The van der Waals surface area contributed by atoms with Crippen molar-refractivity contribution in [2.24, 2.45) is 0 Å². The molecule has 0 spiro atoms. The minimum atomic E-state index is -3.82. The van der Waals surface area contributed by atoms with Gasteiger partial charge in [-0.3, -0.25) is 9.63 Å². The Morgan fingerprint density at radius 3 is 2.46 bits per heavy atom. The third-order valence-corrected chi connectivity index (χ3v) is 6.03. The predicted molar refractivity (Wildman–Crippen MR) is 108 cm³/mol. The van der Waals surface area contributed by atoms with Gasteiger partial charge in [0, 0.05) is 11.7 Å². The summed E-state index contributed by atoms with van der Waals surface area (Å²) in [7, 11) is -3.82. The first-order valence-corrected chi connectivity index (χ1v) is 11.2. The fraction of sp³-hybridized carbons (Fsp3) is 0.650. The Hall–Kier alpha value is -1.64. The van der Waals surface area contributed by atoms with Crippen molar-refractivity contribution in [3.05, 3.63) is 24.3 Å². The van der Waals surface area contributed by atoms with Crippen LogP contribution in [0.3, 0.4) is 0 Å². The van der Waals surface area contributed by atoms with E-state index < -0.39 is 21.6 Å². The SMILES string of the molecule is CC(C)N(OC1CCCC1)S(=O)(=O)c1cccc(NCC(=O)OC(C)(C)C)c1. The maximum atomic E-state index is 13.1. The van der Waals surface area contributed by atoms with Gasteiger partial charge in [-0.2, -0.15) is 0 Å².